The summed E-state index contributed by atoms with van der Waals surface area (Å²) in [5, 5.41) is 1.64. The quantitative estimate of drug-likeness (QED) is 0.694. The van der Waals surface area contributed by atoms with Gasteiger partial charge in [-0.25, -0.2) is 12.4 Å². The zero-order chi connectivity index (χ0) is 14.2. The molecule has 102 valence electrons. The van der Waals surface area contributed by atoms with E-state index in [4.69, 9.17) is 0 Å². The van der Waals surface area contributed by atoms with Crippen molar-refractivity contribution in [2.75, 3.05) is 6.26 Å². The summed E-state index contributed by atoms with van der Waals surface area (Å²) in [6.07, 6.45) is 1.88. The molecule has 0 aliphatic heterocycles. The highest BCUT2D eigenvalue weighted by Gasteiger charge is 2.22. The number of thioether (sulfide) groups is 1. The summed E-state index contributed by atoms with van der Waals surface area (Å²) in [6, 6.07) is 17.9. The van der Waals surface area contributed by atoms with Crippen LogP contribution in [0.2, 0.25) is 0 Å². The van der Waals surface area contributed by atoms with Crippen molar-refractivity contribution < 1.29 is 8.42 Å². The lowest BCUT2D eigenvalue weighted by atomic mass is 10.3. The predicted molar refractivity (Wildman–Crippen MR) is 82.7 cm³/mol. The Balaban J connectivity index is 2.34. The largest absolute Gasteiger partial charge is 0.269 e. The molecule has 0 fully saturated rings. The van der Waals surface area contributed by atoms with Gasteiger partial charge in [0.15, 0.2) is 0 Å². The predicted octanol–water partition coefficient (Wildman–Crippen LogP) is 3.60. The van der Waals surface area contributed by atoms with Crippen LogP contribution in [0.3, 0.4) is 0 Å². The maximum atomic E-state index is 12.8. The van der Waals surface area contributed by atoms with Crippen molar-refractivity contribution in [1.29, 1.82) is 0 Å². The number of benzene rings is 2. The highest BCUT2D eigenvalue weighted by molar-refractivity contribution is 7.99. The molecule has 0 N–H and O–H groups in total. The first-order valence-electron chi connectivity index (χ1n) is 6.10. The zero-order valence-corrected chi connectivity index (χ0v) is 12.5. The topological polar surface area (TPSA) is 39.1 Å². The van der Waals surface area contributed by atoms with Crippen LogP contribution in [-0.2, 0) is 10.0 Å². The van der Waals surface area contributed by atoms with E-state index in [1.165, 1.54) is 15.7 Å². The van der Waals surface area contributed by atoms with Crippen LogP contribution in [-0.4, -0.2) is 18.6 Å². The maximum absolute atomic E-state index is 12.8. The van der Waals surface area contributed by atoms with Gasteiger partial charge in [0.1, 0.15) is 0 Å². The van der Waals surface area contributed by atoms with Crippen LogP contribution in [0.15, 0.2) is 70.6 Å². The molecular formula is C15H13NO2S2. The van der Waals surface area contributed by atoms with E-state index >= 15 is 0 Å². The summed E-state index contributed by atoms with van der Waals surface area (Å²) in [6.45, 7) is 0. The highest BCUT2D eigenvalue weighted by atomic mass is 32.2. The van der Waals surface area contributed by atoms with Crippen molar-refractivity contribution in [3.8, 4) is 0 Å². The summed E-state index contributed by atoms with van der Waals surface area (Å²) in [4.78, 5) is 0.302. The molecule has 3 rings (SSSR count). The van der Waals surface area contributed by atoms with Crippen LogP contribution >= 0.6 is 11.8 Å². The van der Waals surface area contributed by atoms with E-state index in [0.29, 0.717) is 10.4 Å². The van der Waals surface area contributed by atoms with Crippen molar-refractivity contribution >= 4 is 32.7 Å². The van der Waals surface area contributed by atoms with E-state index in [0.717, 1.165) is 10.4 Å². The van der Waals surface area contributed by atoms with Gasteiger partial charge >= 0.3 is 0 Å². The lowest BCUT2D eigenvalue weighted by Gasteiger charge is -2.10. The van der Waals surface area contributed by atoms with Crippen molar-refractivity contribution in [2.24, 2.45) is 0 Å². The Morgan fingerprint density at radius 3 is 2.30 bits per heavy atom. The summed E-state index contributed by atoms with van der Waals surface area (Å²) in [5.74, 6) is 0. The maximum Gasteiger partial charge on any atom is 0.269 e. The Morgan fingerprint density at radius 1 is 0.950 bits per heavy atom. The summed E-state index contributed by atoms with van der Waals surface area (Å²) >= 11 is 1.43. The van der Waals surface area contributed by atoms with Crippen LogP contribution in [0.5, 0.6) is 0 Å². The second-order valence-electron chi connectivity index (χ2n) is 4.33. The van der Waals surface area contributed by atoms with Crippen molar-refractivity contribution in [3.63, 3.8) is 0 Å². The van der Waals surface area contributed by atoms with E-state index in [2.05, 4.69) is 0 Å². The number of aromatic nitrogens is 1. The molecular weight excluding hydrogens is 290 g/mol. The van der Waals surface area contributed by atoms with E-state index in [-0.39, 0.29) is 0 Å². The van der Waals surface area contributed by atoms with Gasteiger partial charge in [0.2, 0.25) is 0 Å². The monoisotopic (exact) mass is 303 g/mol. The van der Waals surface area contributed by atoms with E-state index in [1.807, 2.05) is 42.7 Å². The third kappa shape index (κ3) is 2.03. The number of hydrogen-bond acceptors (Lipinski definition) is 3. The van der Waals surface area contributed by atoms with Crippen molar-refractivity contribution in [3.05, 3.63) is 60.7 Å². The van der Waals surface area contributed by atoms with Gasteiger partial charge in [0, 0.05) is 5.39 Å². The summed E-state index contributed by atoms with van der Waals surface area (Å²) in [5.41, 5.74) is 0.709. The molecule has 0 aliphatic carbocycles. The fourth-order valence-corrected chi connectivity index (χ4v) is 4.65. The zero-order valence-electron chi connectivity index (χ0n) is 10.9. The van der Waals surface area contributed by atoms with E-state index < -0.39 is 10.0 Å². The van der Waals surface area contributed by atoms with Crippen molar-refractivity contribution in [1.82, 2.24) is 3.97 Å². The Bertz CT molecular complexity index is 852. The number of hydrogen-bond donors (Lipinski definition) is 0. The van der Waals surface area contributed by atoms with Gasteiger partial charge in [0.25, 0.3) is 10.0 Å². The summed E-state index contributed by atoms with van der Waals surface area (Å²) in [7, 11) is -3.57. The van der Waals surface area contributed by atoms with Crippen LogP contribution in [0.1, 0.15) is 0 Å². The van der Waals surface area contributed by atoms with Crippen LogP contribution in [0, 0.1) is 0 Å². The molecule has 0 aliphatic rings. The third-order valence-corrected chi connectivity index (χ3v) is 5.70. The molecule has 3 nitrogen and oxygen atoms in total. The minimum atomic E-state index is -3.57. The first kappa shape index (κ1) is 13.3. The van der Waals surface area contributed by atoms with Gasteiger partial charge in [-0.1, -0.05) is 36.4 Å². The van der Waals surface area contributed by atoms with Gasteiger partial charge in [-0.2, -0.15) is 0 Å². The Kier molecular flexibility index (Phi) is 3.31. The molecule has 3 aromatic rings. The van der Waals surface area contributed by atoms with Gasteiger partial charge < -0.3 is 0 Å². The smallest absolute Gasteiger partial charge is 0.228 e. The fourth-order valence-electron chi connectivity index (χ4n) is 2.19. The van der Waals surface area contributed by atoms with Gasteiger partial charge in [-0.05, 0) is 30.5 Å². The normalized spacial score (nSPS) is 11.8. The first-order chi connectivity index (χ1) is 9.64. The molecule has 0 spiro atoms. The molecule has 5 heteroatoms. The Labute approximate surface area is 122 Å². The number of nitrogens with zero attached hydrogens (tertiary/aromatic N) is 1. The van der Waals surface area contributed by atoms with Gasteiger partial charge in [-0.3, -0.25) is 0 Å². The molecule has 0 atom stereocenters. The SMILES string of the molecule is CSc1cc2ccccc2n1S(=O)(=O)c1ccccc1. The highest BCUT2D eigenvalue weighted by Crippen LogP contribution is 2.30. The molecule has 1 heterocycles. The van der Waals surface area contributed by atoms with Crippen molar-refractivity contribution in [2.45, 2.75) is 9.92 Å². The molecule has 0 unspecified atom stereocenters. The average Bonchev–Trinajstić information content (AvgIpc) is 2.87. The van der Waals surface area contributed by atoms with E-state index in [1.54, 1.807) is 24.3 Å². The van der Waals surface area contributed by atoms with Gasteiger partial charge in [-0.15, -0.1) is 11.8 Å². The van der Waals surface area contributed by atoms with Crippen LogP contribution in [0.25, 0.3) is 10.9 Å². The molecule has 0 saturated heterocycles. The van der Waals surface area contributed by atoms with Crippen LogP contribution in [0.4, 0.5) is 0 Å². The first-order valence-corrected chi connectivity index (χ1v) is 8.76. The molecule has 1 aromatic heterocycles. The minimum Gasteiger partial charge on any atom is -0.228 e. The molecule has 0 radical (unpaired) electrons. The molecule has 20 heavy (non-hydrogen) atoms. The Morgan fingerprint density at radius 2 is 1.60 bits per heavy atom. The number of para-hydroxylation sites is 1. The average molecular weight is 303 g/mol. The molecule has 2 aromatic carbocycles. The van der Waals surface area contributed by atoms with E-state index in [9.17, 15) is 8.42 Å². The standard InChI is InChI=1S/C15H13NO2S2/c1-19-15-11-12-7-5-6-10-14(12)16(15)20(17,18)13-8-3-2-4-9-13/h2-11H,1H3. The minimum absolute atomic E-state index is 0.302. The third-order valence-electron chi connectivity index (χ3n) is 3.13. The fraction of sp³-hybridized carbons (Fsp3) is 0.0667. The lowest BCUT2D eigenvalue weighted by molar-refractivity contribution is 0.585. The molecule has 0 bridgehead atoms. The number of rotatable bonds is 3. The second kappa shape index (κ2) is 5.00. The number of fused-ring (bicyclic) bond motifs is 1. The Hall–Kier alpha value is -1.72. The summed E-state index contributed by atoms with van der Waals surface area (Å²) < 4.78 is 27.1. The van der Waals surface area contributed by atoms with Gasteiger partial charge in [0.05, 0.1) is 15.4 Å². The van der Waals surface area contributed by atoms with Crippen LogP contribution < -0.4 is 0 Å². The molecule has 0 saturated carbocycles. The second-order valence-corrected chi connectivity index (χ2v) is 6.94. The molecule has 0 amide bonds. The lowest BCUT2D eigenvalue weighted by Crippen LogP contribution is -2.13.